The van der Waals surface area contributed by atoms with E-state index in [1.165, 1.54) is 17.5 Å². The molecule has 1 aromatic carbocycles. The van der Waals surface area contributed by atoms with Gasteiger partial charge in [-0.2, -0.15) is 0 Å². The highest BCUT2D eigenvalue weighted by molar-refractivity contribution is 5.29. The minimum Gasteiger partial charge on any atom is -0.307 e. The van der Waals surface area contributed by atoms with Gasteiger partial charge in [-0.15, -0.1) is 0 Å². The molecule has 0 bridgehead atoms. The van der Waals surface area contributed by atoms with E-state index >= 15 is 0 Å². The Morgan fingerprint density at radius 2 is 1.88 bits per heavy atom. The molecule has 1 fully saturated rings. The smallest absolute Gasteiger partial charge is 0.0348 e. The van der Waals surface area contributed by atoms with Crippen molar-refractivity contribution in [3.05, 3.63) is 35.4 Å². The fourth-order valence-corrected chi connectivity index (χ4v) is 2.36. The van der Waals surface area contributed by atoms with Crippen LogP contribution in [0, 0.1) is 18.8 Å². The Hall–Kier alpha value is -0.820. The van der Waals surface area contributed by atoms with E-state index in [0.29, 0.717) is 12.0 Å². The first-order valence-electron chi connectivity index (χ1n) is 6.41. The number of aryl methyl sites for hydroxylation is 1. The molecule has 16 heavy (non-hydrogen) atoms. The van der Waals surface area contributed by atoms with Crippen molar-refractivity contribution in [3.63, 3.8) is 0 Å². The van der Waals surface area contributed by atoms with E-state index in [1.807, 2.05) is 0 Å². The van der Waals surface area contributed by atoms with Gasteiger partial charge in [0.05, 0.1) is 0 Å². The molecule has 0 spiro atoms. The molecule has 0 aliphatic heterocycles. The second kappa shape index (κ2) is 4.58. The Balaban J connectivity index is 2.15. The molecule has 0 amide bonds. The number of hydrogen-bond acceptors (Lipinski definition) is 1. The Kier molecular flexibility index (Phi) is 3.34. The number of benzene rings is 1. The lowest BCUT2D eigenvalue weighted by Crippen LogP contribution is -2.29. The summed E-state index contributed by atoms with van der Waals surface area (Å²) in [6.45, 7) is 9.14. The molecule has 1 N–H and O–H groups in total. The molecule has 1 aliphatic carbocycles. The molecule has 1 aliphatic rings. The van der Waals surface area contributed by atoms with Crippen molar-refractivity contribution in [2.75, 3.05) is 0 Å². The summed E-state index contributed by atoms with van der Waals surface area (Å²) in [4.78, 5) is 0. The summed E-state index contributed by atoms with van der Waals surface area (Å²) in [7, 11) is 0. The van der Waals surface area contributed by atoms with Gasteiger partial charge in [-0.1, -0.05) is 45.0 Å². The van der Waals surface area contributed by atoms with Crippen molar-refractivity contribution in [3.8, 4) is 0 Å². The lowest BCUT2D eigenvalue weighted by molar-refractivity contribution is 0.401. The number of hydrogen-bond donors (Lipinski definition) is 1. The Morgan fingerprint density at radius 1 is 1.25 bits per heavy atom. The highest BCUT2D eigenvalue weighted by Gasteiger charge is 2.35. The van der Waals surface area contributed by atoms with E-state index in [-0.39, 0.29) is 0 Å². The highest BCUT2D eigenvalue weighted by Crippen LogP contribution is 2.34. The summed E-state index contributed by atoms with van der Waals surface area (Å²) >= 11 is 0. The third-order valence-electron chi connectivity index (χ3n) is 3.69. The zero-order valence-electron chi connectivity index (χ0n) is 10.8. The van der Waals surface area contributed by atoms with E-state index in [4.69, 9.17) is 0 Å². The predicted molar refractivity (Wildman–Crippen MR) is 69.5 cm³/mol. The van der Waals surface area contributed by atoms with Gasteiger partial charge in [-0.3, -0.25) is 0 Å². The van der Waals surface area contributed by atoms with Gasteiger partial charge < -0.3 is 5.32 Å². The van der Waals surface area contributed by atoms with Crippen LogP contribution in [-0.4, -0.2) is 6.04 Å². The summed E-state index contributed by atoms with van der Waals surface area (Å²) < 4.78 is 0. The van der Waals surface area contributed by atoms with E-state index < -0.39 is 0 Å². The molecule has 0 aromatic heterocycles. The molecule has 0 heterocycles. The zero-order chi connectivity index (χ0) is 11.7. The van der Waals surface area contributed by atoms with Crippen LogP contribution in [0.2, 0.25) is 0 Å². The highest BCUT2D eigenvalue weighted by atomic mass is 15.0. The Bertz CT molecular complexity index is 356. The summed E-state index contributed by atoms with van der Waals surface area (Å²) in [5.41, 5.74) is 2.87. The second-order valence-electron chi connectivity index (χ2n) is 5.56. The monoisotopic (exact) mass is 217 g/mol. The zero-order valence-corrected chi connectivity index (χ0v) is 10.8. The minimum absolute atomic E-state index is 0.510. The fraction of sp³-hybridized carbons (Fsp3) is 0.600. The van der Waals surface area contributed by atoms with Crippen molar-refractivity contribution in [1.29, 1.82) is 0 Å². The van der Waals surface area contributed by atoms with Gasteiger partial charge in [0.25, 0.3) is 0 Å². The van der Waals surface area contributed by atoms with Crippen LogP contribution in [0.15, 0.2) is 24.3 Å². The predicted octanol–water partition coefficient (Wildman–Crippen LogP) is 3.69. The minimum atomic E-state index is 0.510. The van der Waals surface area contributed by atoms with E-state index in [9.17, 15) is 0 Å². The van der Waals surface area contributed by atoms with Crippen LogP contribution in [0.3, 0.4) is 0 Å². The van der Waals surface area contributed by atoms with E-state index in [1.54, 1.807) is 0 Å². The quantitative estimate of drug-likeness (QED) is 0.811. The van der Waals surface area contributed by atoms with Gasteiger partial charge in [0.2, 0.25) is 0 Å². The summed E-state index contributed by atoms with van der Waals surface area (Å²) in [5, 5.41) is 3.80. The van der Waals surface area contributed by atoms with Crippen molar-refractivity contribution < 1.29 is 0 Å². The SMILES string of the molecule is Cc1ccccc1C(NC1CC1C)C(C)C. The lowest BCUT2D eigenvalue weighted by Gasteiger charge is -2.24. The first kappa shape index (κ1) is 11.7. The van der Waals surface area contributed by atoms with Crippen LogP contribution in [0.1, 0.15) is 44.4 Å². The summed E-state index contributed by atoms with van der Waals surface area (Å²) in [6.07, 6.45) is 1.34. The van der Waals surface area contributed by atoms with Crippen LogP contribution in [0.5, 0.6) is 0 Å². The molecule has 3 unspecified atom stereocenters. The molecule has 1 nitrogen and oxygen atoms in total. The molecular formula is C15H23N. The number of rotatable bonds is 4. The molecule has 88 valence electrons. The van der Waals surface area contributed by atoms with Gasteiger partial charge in [0.15, 0.2) is 0 Å². The molecule has 0 radical (unpaired) electrons. The van der Waals surface area contributed by atoms with E-state index in [0.717, 1.165) is 12.0 Å². The molecule has 1 aromatic rings. The van der Waals surface area contributed by atoms with Crippen molar-refractivity contribution in [2.24, 2.45) is 11.8 Å². The summed E-state index contributed by atoms with van der Waals surface area (Å²) in [6, 6.07) is 10.00. The Morgan fingerprint density at radius 3 is 2.38 bits per heavy atom. The number of nitrogens with one attached hydrogen (secondary N) is 1. The Labute approximate surface area is 99.3 Å². The van der Waals surface area contributed by atoms with Gasteiger partial charge in [-0.25, -0.2) is 0 Å². The lowest BCUT2D eigenvalue weighted by atomic mass is 9.92. The van der Waals surface area contributed by atoms with Gasteiger partial charge >= 0.3 is 0 Å². The first-order chi connectivity index (χ1) is 7.59. The molecular weight excluding hydrogens is 194 g/mol. The van der Waals surface area contributed by atoms with E-state index in [2.05, 4.69) is 57.3 Å². The second-order valence-corrected chi connectivity index (χ2v) is 5.56. The molecule has 1 saturated carbocycles. The van der Waals surface area contributed by atoms with Crippen LogP contribution in [0.4, 0.5) is 0 Å². The van der Waals surface area contributed by atoms with Crippen molar-refractivity contribution in [1.82, 2.24) is 5.32 Å². The molecule has 3 atom stereocenters. The first-order valence-corrected chi connectivity index (χ1v) is 6.41. The average molecular weight is 217 g/mol. The van der Waals surface area contributed by atoms with Crippen LogP contribution >= 0.6 is 0 Å². The van der Waals surface area contributed by atoms with Crippen molar-refractivity contribution >= 4 is 0 Å². The standard InChI is InChI=1S/C15H23N/c1-10(2)15(16-14-9-12(14)4)13-8-6-5-7-11(13)3/h5-8,10,12,14-16H,9H2,1-4H3. The fourth-order valence-electron chi connectivity index (χ4n) is 2.36. The van der Waals surface area contributed by atoms with Crippen molar-refractivity contribution in [2.45, 2.75) is 46.2 Å². The normalized spacial score (nSPS) is 25.8. The summed E-state index contributed by atoms with van der Waals surface area (Å²) in [5.74, 6) is 1.51. The molecule has 2 rings (SSSR count). The third kappa shape index (κ3) is 2.46. The molecule has 1 heteroatoms. The average Bonchev–Trinajstić information content (AvgIpc) is 2.92. The topological polar surface area (TPSA) is 12.0 Å². The van der Waals surface area contributed by atoms with Crippen LogP contribution < -0.4 is 5.32 Å². The maximum atomic E-state index is 3.80. The third-order valence-corrected chi connectivity index (χ3v) is 3.69. The van der Waals surface area contributed by atoms with Gasteiger partial charge in [0.1, 0.15) is 0 Å². The van der Waals surface area contributed by atoms with Crippen LogP contribution in [0.25, 0.3) is 0 Å². The van der Waals surface area contributed by atoms with Crippen LogP contribution in [-0.2, 0) is 0 Å². The van der Waals surface area contributed by atoms with Gasteiger partial charge in [-0.05, 0) is 36.3 Å². The molecule has 0 saturated heterocycles. The van der Waals surface area contributed by atoms with Gasteiger partial charge in [0, 0.05) is 12.1 Å². The maximum absolute atomic E-state index is 3.80. The largest absolute Gasteiger partial charge is 0.307 e. The maximum Gasteiger partial charge on any atom is 0.0348 e.